The lowest BCUT2D eigenvalue weighted by molar-refractivity contribution is 0.111. The summed E-state index contributed by atoms with van der Waals surface area (Å²) in [4.78, 5) is 26.0. The minimum atomic E-state index is 0.600. The lowest BCUT2D eigenvalue weighted by Gasteiger charge is -2.21. The number of nitrogens with zero attached hydrogens (tertiary/aromatic N) is 2. The molecule has 0 fully saturated rings. The molecule has 0 aliphatic rings. The minimum absolute atomic E-state index is 0.600. The molecule has 0 aliphatic heterocycles. The Morgan fingerprint density at radius 3 is 1.25 bits per heavy atom. The number of rotatable bonds is 10. The average Bonchev–Trinajstić information content (AvgIpc) is 2.77. The van der Waals surface area contributed by atoms with Crippen LogP contribution in [0.4, 0.5) is 0 Å². The zero-order valence-electron chi connectivity index (χ0n) is 18.9. The Morgan fingerprint density at radius 2 is 0.969 bits per heavy atom. The quantitative estimate of drug-likeness (QED) is 0.419. The van der Waals surface area contributed by atoms with E-state index in [2.05, 4.69) is 9.80 Å². The van der Waals surface area contributed by atoms with Crippen molar-refractivity contribution in [3.05, 3.63) is 82.9 Å². The summed E-state index contributed by atoms with van der Waals surface area (Å²) < 4.78 is 12.4. The molecule has 0 amide bonds. The Balaban J connectivity index is 2.00. The van der Waals surface area contributed by atoms with Crippen molar-refractivity contribution in [3.8, 4) is 23.0 Å². The van der Waals surface area contributed by atoms with Crippen LogP contribution in [-0.4, -0.2) is 50.6 Å². The average molecular weight is 433 g/mol. The molecule has 3 aromatic carbocycles. The molecular formula is C26H28N2O4. The minimum Gasteiger partial charge on any atom is -0.457 e. The van der Waals surface area contributed by atoms with Gasteiger partial charge in [-0.15, -0.1) is 0 Å². The van der Waals surface area contributed by atoms with E-state index in [1.54, 1.807) is 48.5 Å². The summed E-state index contributed by atoms with van der Waals surface area (Å²) in [5.74, 6) is 2.78. The van der Waals surface area contributed by atoms with Crippen molar-refractivity contribution in [2.24, 2.45) is 0 Å². The van der Waals surface area contributed by atoms with Crippen molar-refractivity contribution in [3.63, 3.8) is 0 Å². The van der Waals surface area contributed by atoms with E-state index < -0.39 is 0 Å². The van der Waals surface area contributed by atoms with Gasteiger partial charge in [0.15, 0.2) is 0 Å². The molecule has 0 heterocycles. The molecule has 0 saturated carbocycles. The number of benzene rings is 3. The van der Waals surface area contributed by atoms with Gasteiger partial charge in [0.2, 0.25) is 0 Å². The van der Waals surface area contributed by atoms with E-state index in [9.17, 15) is 9.59 Å². The van der Waals surface area contributed by atoms with Gasteiger partial charge in [-0.25, -0.2) is 0 Å². The second kappa shape index (κ2) is 10.7. The fourth-order valence-corrected chi connectivity index (χ4v) is 3.25. The van der Waals surface area contributed by atoms with Gasteiger partial charge in [-0.05, 0) is 88.9 Å². The molecule has 0 bridgehead atoms. The van der Waals surface area contributed by atoms with Gasteiger partial charge in [-0.1, -0.05) is 0 Å². The third-order valence-electron chi connectivity index (χ3n) is 4.70. The number of hydrogen-bond acceptors (Lipinski definition) is 6. The summed E-state index contributed by atoms with van der Waals surface area (Å²) in [5, 5.41) is 0. The predicted molar refractivity (Wildman–Crippen MR) is 125 cm³/mol. The van der Waals surface area contributed by atoms with Crippen molar-refractivity contribution >= 4 is 12.6 Å². The maximum atomic E-state index is 10.9. The molecule has 166 valence electrons. The Kier molecular flexibility index (Phi) is 7.76. The van der Waals surface area contributed by atoms with Crippen molar-refractivity contribution in [1.29, 1.82) is 0 Å². The highest BCUT2D eigenvalue weighted by atomic mass is 16.5. The van der Waals surface area contributed by atoms with Gasteiger partial charge < -0.3 is 19.3 Å². The maximum absolute atomic E-state index is 10.9. The van der Waals surface area contributed by atoms with Crippen molar-refractivity contribution in [1.82, 2.24) is 9.80 Å². The number of hydrogen-bond donors (Lipinski definition) is 0. The van der Waals surface area contributed by atoms with E-state index in [-0.39, 0.29) is 0 Å². The topological polar surface area (TPSA) is 59.1 Å². The lowest BCUT2D eigenvalue weighted by atomic mass is 10.1. The zero-order valence-corrected chi connectivity index (χ0v) is 18.9. The zero-order chi connectivity index (χ0) is 23.1. The number of carbonyl (C=O) groups excluding carboxylic acids is 2. The summed E-state index contributed by atoms with van der Waals surface area (Å²) in [6.45, 7) is 1.31. The standard InChI is InChI=1S/C26H28N2O4/c1-27(2)15-21-13-26(32-24-11-7-20(18-30)8-12-24)22(16-28(3)4)14-25(21)31-23-9-5-19(17-29)6-10-23/h5-14,17-18H,15-16H2,1-4H3. The highest BCUT2D eigenvalue weighted by molar-refractivity contribution is 5.75. The maximum Gasteiger partial charge on any atom is 0.150 e. The van der Waals surface area contributed by atoms with Gasteiger partial charge in [-0.3, -0.25) is 9.59 Å². The summed E-state index contributed by atoms with van der Waals surface area (Å²) >= 11 is 0. The van der Waals surface area contributed by atoms with Crippen molar-refractivity contribution in [2.75, 3.05) is 28.2 Å². The van der Waals surface area contributed by atoms with Gasteiger partial charge in [0.25, 0.3) is 0 Å². The van der Waals surface area contributed by atoms with Gasteiger partial charge in [-0.2, -0.15) is 0 Å². The second-order valence-corrected chi connectivity index (χ2v) is 8.12. The first kappa shape index (κ1) is 23.2. The molecule has 0 unspecified atom stereocenters. The molecule has 0 saturated heterocycles. The molecule has 6 nitrogen and oxygen atoms in total. The molecule has 32 heavy (non-hydrogen) atoms. The first-order valence-corrected chi connectivity index (χ1v) is 10.3. The lowest BCUT2D eigenvalue weighted by Crippen LogP contribution is -2.14. The molecule has 3 aromatic rings. The van der Waals surface area contributed by atoms with Crippen LogP contribution in [0.15, 0.2) is 60.7 Å². The number of ether oxygens (including phenoxy) is 2. The molecular weight excluding hydrogens is 404 g/mol. The molecule has 3 rings (SSSR count). The summed E-state index contributed by atoms with van der Waals surface area (Å²) in [5.41, 5.74) is 3.14. The monoisotopic (exact) mass is 432 g/mol. The van der Waals surface area contributed by atoms with Crippen LogP contribution in [0.5, 0.6) is 23.0 Å². The highest BCUT2D eigenvalue weighted by Gasteiger charge is 2.15. The number of aldehydes is 2. The van der Waals surface area contributed by atoms with Crippen LogP contribution >= 0.6 is 0 Å². The molecule has 0 N–H and O–H groups in total. The van der Waals surface area contributed by atoms with E-state index in [4.69, 9.17) is 9.47 Å². The smallest absolute Gasteiger partial charge is 0.150 e. The van der Waals surface area contributed by atoms with Gasteiger partial charge in [0.1, 0.15) is 35.6 Å². The van der Waals surface area contributed by atoms with Crippen LogP contribution in [0.25, 0.3) is 0 Å². The molecule has 6 heteroatoms. The summed E-state index contributed by atoms with van der Waals surface area (Å²) in [6.07, 6.45) is 1.62. The molecule has 0 radical (unpaired) electrons. The van der Waals surface area contributed by atoms with Gasteiger partial charge in [0, 0.05) is 35.3 Å². The van der Waals surface area contributed by atoms with E-state index >= 15 is 0 Å². The van der Waals surface area contributed by atoms with E-state index in [0.717, 1.165) is 35.2 Å². The molecule has 0 aromatic heterocycles. The van der Waals surface area contributed by atoms with E-state index in [1.807, 2.05) is 40.3 Å². The van der Waals surface area contributed by atoms with Gasteiger partial charge >= 0.3 is 0 Å². The first-order chi connectivity index (χ1) is 15.4. The Morgan fingerprint density at radius 1 is 0.625 bits per heavy atom. The third-order valence-corrected chi connectivity index (χ3v) is 4.70. The van der Waals surface area contributed by atoms with Crippen LogP contribution < -0.4 is 9.47 Å². The number of carbonyl (C=O) groups is 2. The largest absolute Gasteiger partial charge is 0.457 e. The first-order valence-electron chi connectivity index (χ1n) is 10.3. The van der Waals surface area contributed by atoms with E-state index in [0.29, 0.717) is 35.7 Å². The van der Waals surface area contributed by atoms with Crippen molar-refractivity contribution in [2.45, 2.75) is 13.1 Å². The van der Waals surface area contributed by atoms with Crippen LogP contribution in [0.2, 0.25) is 0 Å². The fraction of sp³-hybridized carbons (Fsp3) is 0.231. The van der Waals surface area contributed by atoms with Gasteiger partial charge in [0.05, 0.1) is 0 Å². The molecule has 0 spiro atoms. The second-order valence-electron chi connectivity index (χ2n) is 8.12. The van der Waals surface area contributed by atoms with Crippen LogP contribution in [0, 0.1) is 0 Å². The normalized spacial score (nSPS) is 10.9. The highest BCUT2D eigenvalue weighted by Crippen LogP contribution is 2.35. The predicted octanol–water partition coefficient (Wildman–Crippen LogP) is 5.02. The SMILES string of the molecule is CN(C)Cc1cc(Oc2ccc(C=O)cc2)c(CN(C)C)cc1Oc1ccc(C=O)cc1. The third kappa shape index (κ3) is 6.26. The van der Waals surface area contributed by atoms with Crippen molar-refractivity contribution < 1.29 is 19.1 Å². The van der Waals surface area contributed by atoms with Crippen LogP contribution in [0.3, 0.4) is 0 Å². The fourth-order valence-electron chi connectivity index (χ4n) is 3.25. The Labute approximate surface area is 189 Å². The molecule has 0 aliphatic carbocycles. The molecule has 0 atom stereocenters. The van der Waals surface area contributed by atoms with Crippen LogP contribution in [0.1, 0.15) is 31.8 Å². The summed E-state index contributed by atoms with van der Waals surface area (Å²) in [6, 6.07) is 18.1. The Hall–Kier alpha value is -3.48. The van der Waals surface area contributed by atoms with E-state index in [1.165, 1.54) is 0 Å². The Bertz CT molecular complexity index is 971. The van der Waals surface area contributed by atoms with Crippen LogP contribution in [-0.2, 0) is 13.1 Å². The summed E-state index contributed by atoms with van der Waals surface area (Å²) in [7, 11) is 7.98.